The molecule has 0 aromatic carbocycles. The van der Waals surface area contributed by atoms with E-state index in [1.54, 1.807) is 30.7 Å². The van der Waals surface area contributed by atoms with Crippen molar-refractivity contribution in [3.05, 3.63) is 22.8 Å². The Hall–Kier alpha value is -2.22. The summed E-state index contributed by atoms with van der Waals surface area (Å²) in [5.74, 6) is 1.26. The molecule has 0 spiro atoms. The van der Waals surface area contributed by atoms with Gasteiger partial charge in [0.1, 0.15) is 0 Å². The van der Waals surface area contributed by atoms with Gasteiger partial charge in [-0.1, -0.05) is 6.92 Å². The van der Waals surface area contributed by atoms with Crippen molar-refractivity contribution in [2.75, 3.05) is 30.4 Å². The highest BCUT2D eigenvalue weighted by molar-refractivity contribution is 7.15. The van der Waals surface area contributed by atoms with Gasteiger partial charge in [0.05, 0.1) is 12.8 Å². The summed E-state index contributed by atoms with van der Waals surface area (Å²) in [6.45, 7) is 5.62. The van der Waals surface area contributed by atoms with E-state index < -0.39 is 0 Å². The standard InChI is InChI=1S/C17H23N5O2S/c1-4-13-11(2)25-17(19-13)21-15(23)12-6-9-22(10-7-12)16-18-8-5-14(20-16)24-3/h5,8,12H,4,6-7,9-10H2,1-3H3,(H,19,21,23). The minimum absolute atomic E-state index is 0.00357. The van der Waals surface area contributed by atoms with Crippen molar-refractivity contribution in [2.45, 2.75) is 33.1 Å². The molecule has 1 fully saturated rings. The van der Waals surface area contributed by atoms with Crippen LogP contribution in [0.4, 0.5) is 11.1 Å². The quantitative estimate of drug-likeness (QED) is 0.882. The van der Waals surface area contributed by atoms with E-state index in [4.69, 9.17) is 4.74 Å². The van der Waals surface area contributed by atoms with Crippen LogP contribution < -0.4 is 15.0 Å². The average Bonchev–Trinajstić information content (AvgIpc) is 3.01. The molecule has 7 nitrogen and oxygen atoms in total. The highest BCUT2D eigenvalue weighted by Crippen LogP contribution is 2.26. The fourth-order valence-electron chi connectivity index (χ4n) is 2.96. The molecule has 1 aliphatic rings. The number of hydrogen-bond donors (Lipinski definition) is 1. The number of carbonyl (C=O) groups excluding carboxylic acids is 1. The van der Waals surface area contributed by atoms with Crippen LogP contribution >= 0.6 is 11.3 Å². The molecule has 0 aliphatic carbocycles. The Morgan fingerprint density at radius 3 is 2.80 bits per heavy atom. The number of ether oxygens (including phenoxy) is 1. The lowest BCUT2D eigenvalue weighted by Crippen LogP contribution is -2.39. The van der Waals surface area contributed by atoms with E-state index in [1.807, 2.05) is 6.92 Å². The first-order valence-electron chi connectivity index (χ1n) is 8.49. The molecular formula is C17H23N5O2S. The Bertz CT molecular complexity index is 740. The SMILES string of the molecule is CCc1nc(NC(=O)C2CCN(c3nccc(OC)n3)CC2)sc1C. The van der Waals surface area contributed by atoms with Gasteiger partial charge in [-0.2, -0.15) is 4.98 Å². The summed E-state index contributed by atoms with van der Waals surface area (Å²) in [4.78, 5) is 28.9. The van der Waals surface area contributed by atoms with Gasteiger partial charge < -0.3 is 15.0 Å². The number of amides is 1. The summed E-state index contributed by atoms with van der Waals surface area (Å²) in [5.41, 5.74) is 1.06. The lowest BCUT2D eigenvalue weighted by atomic mass is 9.96. The van der Waals surface area contributed by atoms with Gasteiger partial charge in [0.2, 0.25) is 17.7 Å². The van der Waals surface area contributed by atoms with Crippen molar-refractivity contribution in [3.63, 3.8) is 0 Å². The lowest BCUT2D eigenvalue weighted by Gasteiger charge is -2.31. The van der Waals surface area contributed by atoms with Gasteiger partial charge in [-0.15, -0.1) is 11.3 Å². The molecule has 3 heterocycles. The van der Waals surface area contributed by atoms with Crippen LogP contribution in [0.15, 0.2) is 12.3 Å². The number of nitrogens with one attached hydrogen (secondary N) is 1. The Balaban J connectivity index is 1.56. The third-order valence-electron chi connectivity index (χ3n) is 4.43. The average molecular weight is 361 g/mol. The molecule has 2 aromatic heterocycles. The maximum absolute atomic E-state index is 12.5. The first-order valence-corrected chi connectivity index (χ1v) is 9.31. The molecule has 0 atom stereocenters. The first kappa shape index (κ1) is 17.6. The fourth-order valence-corrected chi connectivity index (χ4v) is 3.86. The molecule has 0 saturated carbocycles. The second-order valence-corrected chi connectivity index (χ2v) is 7.23. The molecular weight excluding hydrogens is 338 g/mol. The normalized spacial score (nSPS) is 15.2. The Morgan fingerprint density at radius 2 is 2.16 bits per heavy atom. The Morgan fingerprint density at radius 1 is 1.40 bits per heavy atom. The van der Waals surface area contributed by atoms with E-state index in [-0.39, 0.29) is 11.8 Å². The van der Waals surface area contributed by atoms with Crippen molar-refractivity contribution in [2.24, 2.45) is 5.92 Å². The highest BCUT2D eigenvalue weighted by atomic mass is 32.1. The summed E-state index contributed by atoms with van der Waals surface area (Å²) in [6, 6.07) is 1.73. The summed E-state index contributed by atoms with van der Waals surface area (Å²) in [6.07, 6.45) is 4.13. The number of thiazole rings is 1. The van der Waals surface area contributed by atoms with E-state index in [0.717, 1.165) is 38.0 Å². The van der Waals surface area contributed by atoms with Crippen molar-refractivity contribution in [1.82, 2.24) is 15.0 Å². The van der Waals surface area contributed by atoms with Crippen LogP contribution in [-0.2, 0) is 11.2 Å². The molecule has 1 N–H and O–H groups in total. The van der Waals surface area contributed by atoms with Crippen LogP contribution in [0.3, 0.4) is 0 Å². The second kappa shape index (κ2) is 7.77. The van der Waals surface area contributed by atoms with Gasteiger partial charge in [0.15, 0.2) is 5.13 Å². The van der Waals surface area contributed by atoms with Crippen molar-refractivity contribution < 1.29 is 9.53 Å². The summed E-state index contributed by atoms with van der Waals surface area (Å²) >= 11 is 1.55. The number of carbonyl (C=O) groups is 1. The maximum Gasteiger partial charge on any atom is 0.229 e. The van der Waals surface area contributed by atoms with Crippen LogP contribution in [0.1, 0.15) is 30.3 Å². The maximum atomic E-state index is 12.5. The molecule has 0 unspecified atom stereocenters. The zero-order valence-electron chi connectivity index (χ0n) is 14.8. The van der Waals surface area contributed by atoms with E-state index in [1.165, 1.54) is 4.88 Å². The number of aryl methyl sites for hydroxylation is 2. The minimum Gasteiger partial charge on any atom is -0.481 e. The van der Waals surface area contributed by atoms with Crippen LogP contribution in [0, 0.1) is 12.8 Å². The molecule has 0 radical (unpaired) electrons. The van der Waals surface area contributed by atoms with E-state index in [9.17, 15) is 4.79 Å². The van der Waals surface area contributed by atoms with E-state index >= 15 is 0 Å². The number of aromatic nitrogens is 3. The zero-order chi connectivity index (χ0) is 17.8. The molecule has 3 rings (SSSR count). The molecule has 8 heteroatoms. The topological polar surface area (TPSA) is 80.2 Å². The second-order valence-electron chi connectivity index (χ2n) is 6.03. The van der Waals surface area contributed by atoms with Gasteiger partial charge in [0.25, 0.3) is 0 Å². The predicted molar refractivity (Wildman–Crippen MR) is 98.4 cm³/mol. The molecule has 1 amide bonds. The summed E-state index contributed by atoms with van der Waals surface area (Å²) in [7, 11) is 1.59. The number of nitrogens with zero attached hydrogens (tertiary/aromatic N) is 4. The third kappa shape index (κ3) is 4.07. The molecule has 2 aromatic rings. The molecule has 25 heavy (non-hydrogen) atoms. The number of anilines is 2. The van der Waals surface area contributed by atoms with E-state index in [0.29, 0.717) is 17.0 Å². The van der Waals surface area contributed by atoms with Crippen LogP contribution in [0.2, 0.25) is 0 Å². The number of piperidine rings is 1. The monoisotopic (exact) mass is 361 g/mol. The van der Waals surface area contributed by atoms with Crippen molar-refractivity contribution >= 4 is 28.3 Å². The largest absolute Gasteiger partial charge is 0.481 e. The number of methoxy groups -OCH3 is 1. The van der Waals surface area contributed by atoms with Crippen LogP contribution in [0.25, 0.3) is 0 Å². The Labute approximate surface area is 151 Å². The van der Waals surface area contributed by atoms with Gasteiger partial charge in [-0.3, -0.25) is 4.79 Å². The number of rotatable bonds is 5. The molecule has 0 bridgehead atoms. The fraction of sp³-hybridized carbons (Fsp3) is 0.529. The van der Waals surface area contributed by atoms with Crippen LogP contribution in [0.5, 0.6) is 5.88 Å². The van der Waals surface area contributed by atoms with Gasteiger partial charge in [-0.05, 0) is 26.2 Å². The molecule has 134 valence electrons. The van der Waals surface area contributed by atoms with Crippen molar-refractivity contribution in [3.8, 4) is 5.88 Å². The minimum atomic E-state index is -0.00357. The third-order valence-corrected chi connectivity index (χ3v) is 5.36. The Kier molecular flexibility index (Phi) is 5.47. The van der Waals surface area contributed by atoms with Crippen molar-refractivity contribution in [1.29, 1.82) is 0 Å². The first-order chi connectivity index (χ1) is 12.1. The highest BCUT2D eigenvalue weighted by Gasteiger charge is 2.27. The smallest absolute Gasteiger partial charge is 0.229 e. The van der Waals surface area contributed by atoms with Crippen LogP contribution in [-0.4, -0.2) is 41.1 Å². The van der Waals surface area contributed by atoms with E-state index in [2.05, 4.69) is 32.1 Å². The zero-order valence-corrected chi connectivity index (χ0v) is 15.6. The van der Waals surface area contributed by atoms with Gasteiger partial charge in [-0.25, -0.2) is 9.97 Å². The lowest BCUT2D eigenvalue weighted by molar-refractivity contribution is -0.120. The van der Waals surface area contributed by atoms with Gasteiger partial charge >= 0.3 is 0 Å². The van der Waals surface area contributed by atoms with Gasteiger partial charge in [0, 0.05) is 36.1 Å². The predicted octanol–water partition coefficient (Wildman–Crippen LogP) is 2.67. The number of hydrogen-bond acceptors (Lipinski definition) is 7. The summed E-state index contributed by atoms with van der Waals surface area (Å²) < 4.78 is 5.14. The molecule has 1 saturated heterocycles. The summed E-state index contributed by atoms with van der Waals surface area (Å²) in [5, 5.41) is 3.69. The molecule has 1 aliphatic heterocycles.